The highest BCUT2D eigenvalue weighted by atomic mass is 32.2. The van der Waals surface area contributed by atoms with Crippen LogP contribution in [0.5, 0.6) is 0 Å². The maximum atomic E-state index is 13.2. The second kappa shape index (κ2) is 8.17. The maximum Gasteiger partial charge on any atom is 0.419 e. The molecule has 0 bridgehead atoms. The Labute approximate surface area is 178 Å². The number of sulfonamides is 1. The van der Waals surface area contributed by atoms with Crippen LogP contribution in [0.3, 0.4) is 0 Å². The number of fused-ring (bicyclic) bond motifs is 1. The first-order valence-corrected chi connectivity index (χ1v) is 11.9. The molecule has 4 aromatic rings. The van der Waals surface area contributed by atoms with Crippen molar-refractivity contribution in [2.75, 3.05) is 0 Å². The molecule has 3 aromatic heterocycles. The van der Waals surface area contributed by atoms with E-state index in [1.165, 1.54) is 16.7 Å². The summed E-state index contributed by atoms with van der Waals surface area (Å²) in [5, 5.41) is 3.95. The summed E-state index contributed by atoms with van der Waals surface area (Å²) in [4.78, 5) is 16.4. The van der Waals surface area contributed by atoms with Crippen molar-refractivity contribution in [2.24, 2.45) is 0 Å². The molecular formula is C21H21N3O4S2. The molecule has 1 atom stereocenters. The largest absolute Gasteiger partial charge is 0.419 e. The fourth-order valence-corrected chi connectivity index (χ4v) is 5.21. The lowest BCUT2D eigenvalue weighted by Crippen LogP contribution is -2.30. The first kappa shape index (κ1) is 20.5. The van der Waals surface area contributed by atoms with Crippen LogP contribution in [0.4, 0.5) is 0 Å². The van der Waals surface area contributed by atoms with Crippen molar-refractivity contribution in [3.05, 3.63) is 80.7 Å². The van der Waals surface area contributed by atoms with Gasteiger partial charge in [-0.1, -0.05) is 6.07 Å². The topological polar surface area (TPSA) is 94.2 Å². The van der Waals surface area contributed by atoms with E-state index in [1.807, 2.05) is 42.8 Å². The van der Waals surface area contributed by atoms with Crippen LogP contribution in [0.1, 0.15) is 29.8 Å². The molecule has 1 N–H and O–H groups in total. The van der Waals surface area contributed by atoms with E-state index in [0.717, 1.165) is 11.1 Å². The van der Waals surface area contributed by atoms with E-state index in [4.69, 9.17) is 4.42 Å². The van der Waals surface area contributed by atoms with Gasteiger partial charge in [-0.25, -0.2) is 17.9 Å². The number of oxazole rings is 1. The molecule has 0 radical (unpaired) electrons. The molecule has 0 saturated heterocycles. The third kappa shape index (κ3) is 4.09. The van der Waals surface area contributed by atoms with Gasteiger partial charge in [0.25, 0.3) is 0 Å². The van der Waals surface area contributed by atoms with Gasteiger partial charge >= 0.3 is 5.76 Å². The molecule has 9 heteroatoms. The monoisotopic (exact) mass is 443 g/mol. The highest BCUT2D eigenvalue weighted by Crippen LogP contribution is 2.24. The predicted molar refractivity (Wildman–Crippen MR) is 116 cm³/mol. The fraction of sp³-hybridized carbons (Fsp3) is 0.238. The van der Waals surface area contributed by atoms with Crippen LogP contribution in [-0.4, -0.2) is 18.0 Å². The van der Waals surface area contributed by atoms with Crippen molar-refractivity contribution in [1.29, 1.82) is 0 Å². The van der Waals surface area contributed by atoms with Gasteiger partial charge in [0.05, 0.1) is 22.1 Å². The second-order valence-electron chi connectivity index (χ2n) is 7.01. The van der Waals surface area contributed by atoms with E-state index >= 15 is 0 Å². The number of benzene rings is 1. The Morgan fingerprint density at radius 2 is 2.07 bits per heavy atom. The summed E-state index contributed by atoms with van der Waals surface area (Å²) >= 11 is 1.56. The van der Waals surface area contributed by atoms with Crippen LogP contribution in [0.15, 0.2) is 67.5 Å². The Morgan fingerprint density at radius 3 is 2.73 bits per heavy atom. The molecule has 3 heterocycles. The normalized spacial score (nSPS) is 13.0. The SMILES string of the molecule is CCn1c(=O)oc2cc(S(=O)(=O)N[C@@H](Cc3ccsc3)c3ccc(C)cn3)ccc21. The summed E-state index contributed by atoms with van der Waals surface area (Å²) < 4.78 is 35.7. The highest BCUT2D eigenvalue weighted by molar-refractivity contribution is 7.89. The lowest BCUT2D eigenvalue weighted by atomic mass is 10.1. The Kier molecular flexibility index (Phi) is 5.59. The number of hydrogen-bond acceptors (Lipinski definition) is 6. The van der Waals surface area contributed by atoms with Gasteiger partial charge in [-0.3, -0.25) is 9.55 Å². The standard InChI is InChI=1S/C21H21N3O4S2/c1-3-24-19-7-5-16(11-20(19)28-21(24)25)30(26,27)23-18(10-15-8-9-29-13-15)17-6-4-14(2)12-22-17/h4-9,11-13,18,23H,3,10H2,1-2H3/t18-/m0/s1. The van der Waals surface area contributed by atoms with Crippen LogP contribution in [0, 0.1) is 6.92 Å². The van der Waals surface area contributed by atoms with Gasteiger partial charge in [-0.05, 0) is 66.4 Å². The average Bonchev–Trinajstić information content (AvgIpc) is 3.33. The van der Waals surface area contributed by atoms with E-state index in [2.05, 4.69) is 9.71 Å². The van der Waals surface area contributed by atoms with Crippen LogP contribution < -0.4 is 10.5 Å². The van der Waals surface area contributed by atoms with E-state index in [1.54, 1.807) is 23.6 Å². The molecule has 0 amide bonds. The van der Waals surface area contributed by atoms with E-state index in [-0.39, 0.29) is 10.5 Å². The Morgan fingerprint density at radius 1 is 1.23 bits per heavy atom. The minimum Gasteiger partial charge on any atom is -0.408 e. The zero-order chi connectivity index (χ0) is 21.3. The molecule has 1 aromatic carbocycles. The minimum atomic E-state index is -3.88. The van der Waals surface area contributed by atoms with Crippen LogP contribution in [-0.2, 0) is 23.0 Å². The van der Waals surface area contributed by atoms with Crippen molar-refractivity contribution in [3.8, 4) is 0 Å². The van der Waals surface area contributed by atoms with Crippen LogP contribution in [0.2, 0.25) is 0 Å². The molecule has 30 heavy (non-hydrogen) atoms. The van der Waals surface area contributed by atoms with E-state index in [0.29, 0.717) is 24.2 Å². The highest BCUT2D eigenvalue weighted by Gasteiger charge is 2.24. The van der Waals surface area contributed by atoms with Crippen LogP contribution in [0.25, 0.3) is 11.1 Å². The Bertz CT molecular complexity index is 1320. The smallest absolute Gasteiger partial charge is 0.408 e. The van der Waals surface area contributed by atoms with Gasteiger partial charge in [0, 0.05) is 18.8 Å². The molecule has 0 aliphatic carbocycles. The molecule has 156 valence electrons. The first-order valence-electron chi connectivity index (χ1n) is 9.46. The summed E-state index contributed by atoms with van der Waals surface area (Å²) in [7, 11) is -3.88. The number of aromatic nitrogens is 2. The first-order chi connectivity index (χ1) is 14.4. The summed E-state index contributed by atoms with van der Waals surface area (Å²) in [5.74, 6) is -0.505. The molecule has 0 saturated carbocycles. The maximum absolute atomic E-state index is 13.2. The molecule has 0 fully saturated rings. The number of rotatable bonds is 7. The van der Waals surface area contributed by atoms with E-state index in [9.17, 15) is 13.2 Å². The van der Waals surface area contributed by atoms with Crippen molar-refractivity contribution in [1.82, 2.24) is 14.3 Å². The van der Waals surface area contributed by atoms with Gasteiger partial charge < -0.3 is 4.42 Å². The zero-order valence-corrected chi connectivity index (χ0v) is 18.2. The van der Waals surface area contributed by atoms with Crippen LogP contribution >= 0.6 is 11.3 Å². The molecule has 0 spiro atoms. The molecule has 4 rings (SSSR count). The van der Waals surface area contributed by atoms with E-state index < -0.39 is 21.8 Å². The van der Waals surface area contributed by atoms with Gasteiger partial charge in [-0.2, -0.15) is 11.3 Å². The summed E-state index contributed by atoms with van der Waals surface area (Å²) in [5.41, 5.74) is 3.47. The molecule has 7 nitrogen and oxygen atoms in total. The summed E-state index contributed by atoms with van der Waals surface area (Å²) in [6.07, 6.45) is 2.20. The van der Waals surface area contributed by atoms with Gasteiger partial charge in [0.1, 0.15) is 0 Å². The van der Waals surface area contributed by atoms with Crippen molar-refractivity contribution >= 4 is 32.5 Å². The van der Waals surface area contributed by atoms with Gasteiger partial charge in [0.15, 0.2) is 5.58 Å². The summed E-state index contributed by atoms with van der Waals surface area (Å²) in [6.45, 7) is 4.20. The minimum absolute atomic E-state index is 0.0365. The number of thiophene rings is 1. The molecule has 0 aliphatic heterocycles. The van der Waals surface area contributed by atoms with Crippen molar-refractivity contribution in [3.63, 3.8) is 0 Å². The van der Waals surface area contributed by atoms with Gasteiger partial charge in [-0.15, -0.1) is 0 Å². The number of pyridine rings is 1. The number of hydrogen-bond donors (Lipinski definition) is 1. The summed E-state index contributed by atoms with van der Waals surface area (Å²) in [6, 6.07) is 9.63. The molecule has 0 aliphatic rings. The third-order valence-electron chi connectivity index (χ3n) is 4.87. The Balaban J connectivity index is 1.69. The lowest BCUT2D eigenvalue weighted by Gasteiger charge is -2.18. The zero-order valence-electron chi connectivity index (χ0n) is 16.5. The average molecular weight is 444 g/mol. The molecule has 0 unspecified atom stereocenters. The van der Waals surface area contributed by atoms with Crippen molar-refractivity contribution in [2.45, 2.75) is 37.8 Å². The predicted octanol–water partition coefficient (Wildman–Crippen LogP) is 3.64. The number of nitrogens with one attached hydrogen (secondary N) is 1. The van der Waals surface area contributed by atoms with Gasteiger partial charge in [0.2, 0.25) is 10.0 Å². The second-order valence-corrected chi connectivity index (χ2v) is 9.51. The number of nitrogens with zero attached hydrogens (tertiary/aromatic N) is 2. The lowest BCUT2D eigenvalue weighted by molar-refractivity contribution is 0.512. The number of aryl methyl sites for hydroxylation is 2. The fourth-order valence-electron chi connectivity index (χ4n) is 3.31. The Hall–Kier alpha value is -2.75. The quantitative estimate of drug-likeness (QED) is 0.471. The van der Waals surface area contributed by atoms with Crippen molar-refractivity contribution < 1.29 is 12.8 Å². The molecular weight excluding hydrogens is 422 g/mol. The third-order valence-corrected chi connectivity index (χ3v) is 7.08.